The van der Waals surface area contributed by atoms with Crippen LogP contribution in [0.2, 0.25) is 0 Å². The molecule has 94 valence electrons. The molecule has 0 aliphatic rings. The SMILES string of the molecule is CCCNc1ccccc1C(=O)N[C@@H](C)CO. The maximum Gasteiger partial charge on any atom is 0.253 e. The minimum Gasteiger partial charge on any atom is -0.394 e. The van der Waals surface area contributed by atoms with E-state index in [0.717, 1.165) is 18.7 Å². The molecule has 3 N–H and O–H groups in total. The number of aliphatic hydroxyl groups excluding tert-OH is 1. The van der Waals surface area contributed by atoms with E-state index >= 15 is 0 Å². The van der Waals surface area contributed by atoms with Crippen LogP contribution in [-0.4, -0.2) is 30.2 Å². The fraction of sp³-hybridized carbons (Fsp3) is 0.462. The van der Waals surface area contributed by atoms with Crippen molar-refractivity contribution >= 4 is 11.6 Å². The lowest BCUT2D eigenvalue weighted by molar-refractivity contribution is 0.0923. The summed E-state index contributed by atoms with van der Waals surface area (Å²) in [6.07, 6.45) is 1.00. The molecule has 0 radical (unpaired) electrons. The lowest BCUT2D eigenvalue weighted by atomic mass is 10.1. The van der Waals surface area contributed by atoms with Crippen LogP contribution in [0.5, 0.6) is 0 Å². The maximum atomic E-state index is 11.9. The van der Waals surface area contributed by atoms with E-state index in [1.54, 1.807) is 13.0 Å². The van der Waals surface area contributed by atoms with Crippen LogP contribution < -0.4 is 10.6 Å². The van der Waals surface area contributed by atoms with E-state index in [2.05, 4.69) is 17.6 Å². The highest BCUT2D eigenvalue weighted by Gasteiger charge is 2.12. The van der Waals surface area contributed by atoms with Gasteiger partial charge in [0, 0.05) is 18.3 Å². The molecule has 17 heavy (non-hydrogen) atoms. The molecule has 0 saturated carbocycles. The monoisotopic (exact) mass is 236 g/mol. The number of para-hydroxylation sites is 1. The molecular weight excluding hydrogens is 216 g/mol. The number of anilines is 1. The molecule has 0 aromatic heterocycles. The van der Waals surface area contributed by atoms with Gasteiger partial charge in [0.1, 0.15) is 0 Å². The summed E-state index contributed by atoms with van der Waals surface area (Å²) in [5, 5.41) is 14.9. The number of hydrogen-bond donors (Lipinski definition) is 3. The van der Waals surface area contributed by atoms with Crippen LogP contribution in [0.15, 0.2) is 24.3 Å². The van der Waals surface area contributed by atoms with Gasteiger partial charge < -0.3 is 15.7 Å². The third-order valence-corrected chi connectivity index (χ3v) is 2.39. The number of rotatable bonds is 6. The van der Waals surface area contributed by atoms with Crippen LogP contribution >= 0.6 is 0 Å². The summed E-state index contributed by atoms with van der Waals surface area (Å²) in [7, 11) is 0. The molecule has 0 saturated heterocycles. The van der Waals surface area contributed by atoms with Crippen LogP contribution in [0.3, 0.4) is 0 Å². The summed E-state index contributed by atoms with van der Waals surface area (Å²) in [6, 6.07) is 7.15. The van der Waals surface area contributed by atoms with Gasteiger partial charge in [0.2, 0.25) is 0 Å². The zero-order chi connectivity index (χ0) is 12.7. The predicted molar refractivity (Wildman–Crippen MR) is 69.2 cm³/mol. The summed E-state index contributed by atoms with van der Waals surface area (Å²) in [5.41, 5.74) is 1.44. The standard InChI is InChI=1S/C13H20N2O2/c1-3-8-14-12-7-5-4-6-11(12)13(17)15-10(2)9-16/h4-7,10,14,16H,3,8-9H2,1-2H3,(H,15,17)/t10-/m0/s1. The first-order valence-corrected chi connectivity index (χ1v) is 5.93. The summed E-state index contributed by atoms with van der Waals surface area (Å²) in [5.74, 6) is -0.161. The molecular formula is C13H20N2O2. The lowest BCUT2D eigenvalue weighted by Gasteiger charge is -2.14. The van der Waals surface area contributed by atoms with Crippen LogP contribution in [0.25, 0.3) is 0 Å². The first-order chi connectivity index (χ1) is 8.19. The lowest BCUT2D eigenvalue weighted by Crippen LogP contribution is -2.35. The highest BCUT2D eigenvalue weighted by Crippen LogP contribution is 2.14. The predicted octanol–water partition coefficient (Wildman–Crippen LogP) is 1.62. The van der Waals surface area contributed by atoms with E-state index in [1.807, 2.05) is 18.2 Å². The van der Waals surface area contributed by atoms with E-state index in [1.165, 1.54) is 0 Å². The summed E-state index contributed by atoms with van der Waals surface area (Å²) < 4.78 is 0. The van der Waals surface area contributed by atoms with Crippen LogP contribution in [0.1, 0.15) is 30.6 Å². The topological polar surface area (TPSA) is 61.4 Å². The fourth-order valence-electron chi connectivity index (χ4n) is 1.44. The fourth-order valence-corrected chi connectivity index (χ4v) is 1.44. The maximum absolute atomic E-state index is 11.9. The Balaban J connectivity index is 2.77. The van der Waals surface area contributed by atoms with Gasteiger partial charge in [-0.15, -0.1) is 0 Å². The molecule has 1 amide bonds. The Morgan fingerprint density at radius 1 is 1.41 bits per heavy atom. The normalized spacial score (nSPS) is 11.9. The molecule has 0 unspecified atom stereocenters. The minimum absolute atomic E-state index is 0.0592. The minimum atomic E-state index is -0.235. The number of hydrogen-bond acceptors (Lipinski definition) is 3. The Kier molecular flexibility index (Phi) is 5.49. The van der Waals surface area contributed by atoms with Gasteiger partial charge in [-0.2, -0.15) is 0 Å². The average molecular weight is 236 g/mol. The number of benzene rings is 1. The second kappa shape index (κ2) is 6.91. The van der Waals surface area contributed by atoms with Gasteiger partial charge in [-0.1, -0.05) is 19.1 Å². The second-order valence-corrected chi connectivity index (χ2v) is 4.03. The third kappa shape index (κ3) is 4.07. The van der Waals surface area contributed by atoms with Crippen LogP contribution in [0.4, 0.5) is 5.69 Å². The molecule has 4 nitrogen and oxygen atoms in total. The van der Waals surface area contributed by atoms with E-state index < -0.39 is 0 Å². The highest BCUT2D eigenvalue weighted by atomic mass is 16.3. The van der Waals surface area contributed by atoms with Crippen molar-refractivity contribution in [3.63, 3.8) is 0 Å². The second-order valence-electron chi connectivity index (χ2n) is 4.03. The molecule has 4 heteroatoms. The van der Waals surface area contributed by atoms with Crippen LogP contribution in [-0.2, 0) is 0 Å². The molecule has 1 aromatic carbocycles. The van der Waals surface area contributed by atoms with Crippen molar-refractivity contribution in [3.05, 3.63) is 29.8 Å². The number of nitrogens with one attached hydrogen (secondary N) is 2. The molecule has 0 fully saturated rings. The molecule has 1 rings (SSSR count). The quantitative estimate of drug-likeness (QED) is 0.703. The van der Waals surface area contributed by atoms with Gasteiger partial charge in [0.25, 0.3) is 5.91 Å². The Bertz CT molecular complexity index is 366. The molecule has 0 aliphatic carbocycles. The van der Waals surface area contributed by atoms with Crippen molar-refractivity contribution in [3.8, 4) is 0 Å². The van der Waals surface area contributed by atoms with Gasteiger partial charge in [-0.25, -0.2) is 0 Å². The first-order valence-electron chi connectivity index (χ1n) is 5.93. The summed E-state index contributed by atoms with van der Waals surface area (Å²) in [4.78, 5) is 11.9. The van der Waals surface area contributed by atoms with E-state index in [0.29, 0.717) is 5.56 Å². The van der Waals surface area contributed by atoms with Crippen molar-refractivity contribution in [1.82, 2.24) is 5.32 Å². The summed E-state index contributed by atoms with van der Waals surface area (Å²) >= 11 is 0. The van der Waals surface area contributed by atoms with Gasteiger partial charge in [0.15, 0.2) is 0 Å². The number of carbonyl (C=O) groups is 1. The summed E-state index contributed by atoms with van der Waals surface area (Å²) in [6.45, 7) is 4.61. The molecule has 0 bridgehead atoms. The van der Waals surface area contributed by atoms with Gasteiger partial charge >= 0.3 is 0 Å². The molecule has 0 heterocycles. The number of aliphatic hydroxyl groups is 1. The van der Waals surface area contributed by atoms with E-state index in [4.69, 9.17) is 5.11 Å². The van der Waals surface area contributed by atoms with Gasteiger partial charge in [-0.05, 0) is 25.5 Å². The number of amides is 1. The molecule has 0 spiro atoms. The van der Waals surface area contributed by atoms with Crippen molar-refractivity contribution in [2.24, 2.45) is 0 Å². The van der Waals surface area contributed by atoms with Gasteiger partial charge in [-0.3, -0.25) is 4.79 Å². The smallest absolute Gasteiger partial charge is 0.253 e. The largest absolute Gasteiger partial charge is 0.394 e. The average Bonchev–Trinajstić information content (AvgIpc) is 2.36. The molecule has 0 aliphatic heterocycles. The zero-order valence-corrected chi connectivity index (χ0v) is 10.4. The molecule has 1 atom stereocenters. The van der Waals surface area contributed by atoms with Gasteiger partial charge in [0.05, 0.1) is 12.2 Å². The Morgan fingerprint density at radius 2 is 2.12 bits per heavy atom. The zero-order valence-electron chi connectivity index (χ0n) is 10.4. The van der Waals surface area contributed by atoms with Crippen LogP contribution in [0, 0.1) is 0 Å². The van der Waals surface area contributed by atoms with E-state index in [9.17, 15) is 4.79 Å². The molecule has 1 aromatic rings. The Morgan fingerprint density at radius 3 is 2.76 bits per heavy atom. The first kappa shape index (κ1) is 13.5. The Hall–Kier alpha value is -1.55. The third-order valence-electron chi connectivity index (χ3n) is 2.39. The van der Waals surface area contributed by atoms with Crippen molar-refractivity contribution < 1.29 is 9.90 Å². The van der Waals surface area contributed by atoms with E-state index in [-0.39, 0.29) is 18.6 Å². The van der Waals surface area contributed by atoms with Crippen molar-refractivity contribution in [2.75, 3.05) is 18.5 Å². The van der Waals surface area contributed by atoms with Crippen molar-refractivity contribution in [1.29, 1.82) is 0 Å². The van der Waals surface area contributed by atoms with Crippen molar-refractivity contribution in [2.45, 2.75) is 26.3 Å². The highest BCUT2D eigenvalue weighted by molar-refractivity contribution is 5.99. The number of carbonyl (C=O) groups excluding carboxylic acids is 1. The Labute approximate surface area is 102 Å².